The Balaban J connectivity index is 1.59. The molecule has 30 heavy (non-hydrogen) atoms. The van der Waals surface area contributed by atoms with E-state index in [9.17, 15) is 12.8 Å². The Morgan fingerprint density at radius 1 is 0.933 bits per heavy atom. The zero-order chi connectivity index (χ0) is 21.0. The van der Waals surface area contributed by atoms with Gasteiger partial charge in [0.05, 0.1) is 16.3 Å². The lowest BCUT2D eigenvalue weighted by Gasteiger charge is -2.19. The van der Waals surface area contributed by atoms with Crippen LogP contribution in [0.4, 0.5) is 4.39 Å². The molecule has 2 aromatic carbocycles. The van der Waals surface area contributed by atoms with Crippen molar-refractivity contribution in [1.29, 1.82) is 0 Å². The molecule has 4 aromatic rings. The first-order valence-corrected chi connectivity index (χ1v) is 10.8. The Morgan fingerprint density at radius 3 is 2.33 bits per heavy atom. The number of sulfone groups is 1. The molecule has 2 heterocycles. The van der Waals surface area contributed by atoms with Gasteiger partial charge >= 0.3 is 0 Å². The van der Waals surface area contributed by atoms with Crippen molar-refractivity contribution in [2.75, 3.05) is 0 Å². The van der Waals surface area contributed by atoms with Crippen molar-refractivity contribution in [3.63, 3.8) is 0 Å². The Labute approximate surface area is 174 Å². The summed E-state index contributed by atoms with van der Waals surface area (Å²) in [5.41, 5.74) is 2.18. The van der Waals surface area contributed by atoms with E-state index in [2.05, 4.69) is 15.4 Å². The van der Waals surface area contributed by atoms with E-state index in [0.717, 1.165) is 23.4 Å². The molecule has 0 fully saturated rings. The van der Waals surface area contributed by atoms with Crippen LogP contribution in [0.1, 0.15) is 16.6 Å². The van der Waals surface area contributed by atoms with Crippen LogP contribution in [0.25, 0.3) is 5.69 Å². The van der Waals surface area contributed by atoms with E-state index < -0.39 is 21.0 Å². The van der Waals surface area contributed by atoms with Gasteiger partial charge in [-0.15, -0.1) is 0 Å². The molecule has 8 heteroatoms. The average molecular weight is 422 g/mol. The minimum Gasteiger partial charge on any atom is -0.292 e. The van der Waals surface area contributed by atoms with Crippen molar-refractivity contribution >= 4 is 9.84 Å². The third-order valence-corrected chi connectivity index (χ3v) is 6.56. The summed E-state index contributed by atoms with van der Waals surface area (Å²) >= 11 is 0. The van der Waals surface area contributed by atoms with Crippen molar-refractivity contribution in [2.24, 2.45) is 0 Å². The predicted octanol–water partition coefficient (Wildman–Crippen LogP) is 3.67. The van der Waals surface area contributed by atoms with E-state index in [0.29, 0.717) is 12.2 Å². The number of nitrogens with zero attached hydrogens (tertiary/aromatic N) is 3. The van der Waals surface area contributed by atoms with Crippen molar-refractivity contribution in [3.05, 3.63) is 108 Å². The van der Waals surface area contributed by atoms with Crippen LogP contribution in [0.3, 0.4) is 0 Å². The second kappa shape index (κ2) is 8.56. The summed E-state index contributed by atoms with van der Waals surface area (Å²) in [5.74, 6) is -0.492. The highest BCUT2D eigenvalue weighted by Gasteiger charge is 2.29. The van der Waals surface area contributed by atoms with Crippen LogP contribution in [-0.2, 0) is 16.4 Å². The third kappa shape index (κ3) is 4.29. The molecule has 4 rings (SSSR count). The number of pyridine rings is 1. The molecular formula is C22H19FN4O2S. The van der Waals surface area contributed by atoms with Crippen molar-refractivity contribution in [2.45, 2.75) is 16.8 Å². The molecule has 2 aromatic heterocycles. The monoisotopic (exact) mass is 422 g/mol. The second-order valence-electron chi connectivity index (χ2n) is 6.63. The molecule has 0 bridgehead atoms. The molecular weight excluding hydrogens is 403 g/mol. The van der Waals surface area contributed by atoms with Crippen molar-refractivity contribution < 1.29 is 12.8 Å². The number of hydrogen-bond acceptors (Lipinski definition) is 5. The van der Waals surface area contributed by atoms with Gasteiger partial charge in [-0.3, -0.25) is 10.3 Å². The molecule has 1 N–H and O–H groups in total. The maximum atomic E-state index is 13.3. The fourth-order valence-corrected chi connectivity index (χ4v) is 4.61. The lowest BCUT2D eigenvalue weighted by Crippen LogP contribution is -2.29. The molecule has 1 atom stereocenters. The highest BCUT2D eigenvalue weighted by atomic mass is 32.2. The zero-order valence-electron chi connectivity index (χ0n) is 15.9. The normalized spacial score (nSPS) is 12.6. The third-order valence-electron chi connectivity index (χ3n) is 4.61. The van der Waals surface area contributed by atoms with Gasteiger partial charge in [-0.1, -0.05) is 18.2 Å². The van der Waals surface area contributed by atoms with E-state index in [4.69, 9.17) is 0 Å². The second-order valence-corrected chi connectivity index (χ2v) is 8.66. The predicted molar refractivity (Wildman–Crippen MR) is 111 cm³/mol. The highest BCUT2D eigenvalue weighted by Crippen LogP contribution is 2.26. The van der Waals surface area contributed by atoms with Gasteiger partial charge in [-0.05, 0) is 60.2 Å². The molecule has 0 spiro atoms. The maximum absolute atomic E-state index is 13.3. The summed E-state index contributed by atoms with van der Waals surface area (Å²) in [6.45, 7) is 0.307. The number of benzene rings is 2. The number of rotatable bonds is 7. The van der Waals surface area contributed by atoms with E-state index in [1.165, 1.54) is 12.1 Å². The fraction of sp³-hybridized carbons (Fsp3) is 0.0909. The Kier molecular flexibility index (Phi) is 5.69. The first kappa shape index (κ1) is 19.9. The van der Waals surface area contributed by atoms with Gasteiger partial charge in [-0.25, -0.2) is 17.5 Å². The topological polar surface area (TPSA) is 76.9 Å². The van der Waals surface area contributed by atoms with Crippen LogP contribution in [0.2, 0.25) is 0 Å². The molecule has 0 amide bonds. The molecule has 0 aliphatic heterocycles. The van der Waals surface area contributed by atoms with Crippen LogP contribution >= 0.6 is 0 Å². The molecule has 0 saturated carbocycles. The van der Waals surface area contributed by atoms with Crippen molar-refractivity contribution in [1.82, 2.24) is 20.1 Å². The van der Waals surface area contributed by atoms with E-state index >= 15 is 0 Å². The molecule has 0 aliphatic rings. The summed E-state index contributed by atoms with van der Waals surface area (Å²) in [6.07, 6.45) is 5.09. The maximum Gasteiger partial charge on any atom is 0.200 e. The van der Waals surface area contributed by atoms with Gasteiger partial charge in [0.2, 0.25) is 0 Å². The Bertz CT molecular complexity index is 1190. The highest BCUT2D eigenvalue weighted by molar-refractivity contribution is 7.91. The summed E-state index contributed by atoms with van der Waals surface area (Å²) in [4.78, 5) is 4.25. The lowest BCUT2D eigenvalue weighted by molar-refractivity contribution is 0.549. The SMILES string of the molecule is O=S(=O)(c1ccc(F)cc1)C(NCc1ccc(-n2cccn2)cc1)c1ccccn1. The first-order valence-electron chi connectivity index (χ1n) is 9.27. The van der Waals surface area contributed by atoms with E-state index in [1.807, 2.05) is 36.5 Å². The van der Waals surface area contributed by atoms with Crippen LogP contribution in [0.15, 0.2) is 96.3 Å². The standard InChI is InChI=1S/C22H19FN4O2S/c23-18-7-11-20(12-8-18)30(28,29)22(21-4-1-2-13-24-21)25-16-17-5-9-19(10-6-17)27-15-3-14-26-27/h1-15,22,25H,16H2. The summed E-state index contributed by atoms with van der Waals surface area (Å²) in [5, 5.41) is 6.21. The molecule has 0 aliphatic carbocycles. The summed E-state index contributed by atoms with van der Waals surface area (Å²) in [7, 11) is -3.84. The fourth-order valence-electron chi connectivity index (χ4n) is 3.06. The number of nitrogens with one attached hydrogen (secondary N) is 1. The first-order chi connectivity index (χ1) is 14.5. The minimum absolute atomic E-state index is 0.0288. The molecule has 0 radical (unpaired) electrons. The minimum atomic E-state index is -3.84. The van der Waals surface area contributed by atoms with Gasteiger partial charge in [0.1, 0.15) is 5.82 Å². The van der Waals surface area contributed by atoms with Crippen LogP contribution in [-0.4, -0.2) is 23.2 Å². The van der Waals surface area contributed by atoms with E-state index in [-0.39, 0.29) is 4.90 Å². The summed E-state index contributed by atoms with van der Waals surface area (Å²) < 4.78 is 41.5. The zero-order valence-corrected chi connectivity index (χ0v) is 16.7. The van der Waals surface area contributed by atoms with Crippen LogP contribution in [0, 0.1) is 5.82 Å². The van der Waals surface area contributed by atoms with Gasteiger partial charge in [-0.2, -0.15) is 5.10 Å². The molecule has 6 nitrogen and oxygen atoms in total. The van der Waals surface area contributed by atoms with E-state index in [1.54, 1.807) is 35.3 Å². The molecule has 0 saturated heterocycles. The number of hydrogen-bond donors (Lipinski definition) is 1. The van der Waals surface area contributed by atoms with Crippen LogP contribution < -0.4 is 5.32 Å². The lowest BCUT2D eigenvalue weighted by atomic mass is 10.2. The Hall–Kier alpha value is -3.36. The largest absolute Gasteiger partial charge is 0.292 e. The van der Waals surface area contributed by atoms with Crippen LogP contribution in [0.5, 0.6) is 0 Å². The summed E-state index contributed by atoms with van der Waals surface area (Å²) in [6, 6.07) is 19.4. The van der Waals surface area contributed by atoms with Gasteiger partial charge in [0.25, 0.3) is 0 Å². The smallest absolute Gasteiger partial charge is 0.200 e. The Morgan fingerprint density at radius 2 is 1.70 bits per heavy atom. The molecule has 1 unspecified atom stereocenters. The number of halogens is 1. The molecule has 152 valence electrons. The van der Waals surface area contributed by atoms with Gasteiger partial charge in [0.15, 0.2) is 15.2 Å². The quantitative estimate of drug-likeness (QED) is 0.460. The van der Waals surface area contributed by atoms with Gasteiger partial charge < -0.3 is 0 Å². The number of aromatic nitrogens is 3. The average Bonchev–Trinajstić information content (AvgIpc) is 3.30. The van der Waals surface area contributed by atoms with Crippen molar-refractivity contribution in [3.8, 4) is 5.69 Å². The van der Waals surface area contributed by atoms with Gasteiger partial charge in [0, 0.05) is 25.1 Å².